The zero-order valence-electron chi connectivity index (χ0n) is 11.5. The molecule has 2 heterocycles. The molecule has 1 atom stereocenters. The fourth-order valence-electron chi connectivity index (χ4n) is 2.52. The lowest BCUT2D eigenvalue weighted by molar-refractivity contribution is 0.342. The van der Waals surface area contributed by atoms with Crippen LogP contribution in [0.1, 0.15) is 32.6 Å². The molecule has 1 unspecified atom stereocenters. The van der Waals surface area contributed by atoms with Gasteiger partial charge in [-0.05, 0) is 25.8 Å². The number of hydrogen-bond donors (Lipinski definition) is 1. The summed E-state index contributed by atoms with van der Waals surface area (Å²) >= 11 is 0. The first-order valence-electron chi connectivity index (χ1n) is 6.71. The second-order valence-corrected chi connectivity index (χ2v) is 6.79. The van der Waals surface area contributed by atoms with Gasteiger partial charge in [0.25, 0.3) is 0 Å². The zero-order chi connectivity index (χ0) is 13.9. The molecular weight excluding hydrogens is 262 g/mol. The summed E-state index contributed by atoms with van der Waals surface area (Å²) < 4.78 is 27.2. The van der Waals surface area contributed by atoms with E-state index in [1.165, 1.54) is 6.20 Å². The third-order valence-electron chi connectivity index (χ3n) is 3.63. The highest BCUT2D eigenvalue weighted by atomic mass is 32.2. The van der Waals surface area contributed by atoms with E-state index < -0.39 is 10.0 Å². The molecule has 1 aromatic heterocycles. The molecule has 1 N–H and O–H groups in total. The maximum Gasteiger partial charge on any atom is 0.246 e. The lowest BCUT2D eigenvalue weighted by Crippen LogP contribution is -2.38. The van der Waals surface area contributed by atoms with E-state index >= 15 is 0 Å². The van der Waals surface area contributed by atoms with E-state index in [-0.39, 0.29) is 10.9 Å². The molecule has 0 aromatic carbocycles. The molecule has 1 saturated heterocycles. The Balaban J connectivity index is 2.40. The van der Waals surface area contributed by atoms with E-state index in [9.17, 15) is 8.42 Å². The van der Waals surface area contributed by atoms with Gasteiger partial charge in [0.1, 0.15) is 4.90 Å². The average Bonchev–Trinajstić information content (AvgIpc) is 2.63. The van der Waals surface area contributed by atoms with Gasteiger partial charge in [0.2, 0.25) is 10.0 Å². The van der Waals surface area contributed by atoms with Crippen LogP contribution in [0, 0.1) is 0 Å². The Morgan fingerprint density at radius 3 is 2.89 bits per heavy atom. The van der Waals surface area contributed by atoms with Crippen molar-refractivity contribution < 1.29 is 8.42 Å². The fourth-order valence-corrected chi connectivity index (χ4v) is 4.37. The molecule has 1 aliphatic rings. The summed E-state index contributed by atoms with van der Waals surface area (Å²) in [6, 6.07) is 1.74. The van der Waals surface area contributed by atoms with E-state index in [1.54, 1.807) is 23.6 Å². The van der Waals surface area contributed by atoms with Gasteiger partial charge in [0.15, 0.2) is 0 Å². The van der Waals surface area contributed by atoms with E-state index in [1.807, 2.05) is 6.92 Å². The van der Waals surface area contributed by atoms with E-state index in [2.05, 4.69) is 10.3 Å². The highest BCUT2D eigenvalue weighted by molar-refractivity contribution is 7.89. The zero-order valence-corrected chi connectivity index (χ0v) is 12.3. The van der Waals surface area contributed by atoms with Crippen LogP contribution in [0.5, 0.6) is 0 Å². The Morgan fingerprint density at radius 2 is 2.16 bits per heavy atom. The van der Waals surface area contributed by atoms with Gasteiger partial charge in [-0.2, -0.15) is 4.31 Å². The molecule has 6 heteroatoms. The molecule has 0 aliphatic carbocycles. The van der Waals surface area contributed by atoms with Gasteiger partial charge in [0.05, 0.1) is 5.69 Å². The van der Waals surface area contributed by atoms with Gasteiger partial charge in [-0.3, -0.25) is 4.98 Å². The van der Waals surface area contributed by atoms with Crippen molar-refractivity contribution in [1.29, 1.82) is 0 Å². The number of nitrogens with one attached hydrogen (secondary N) is 1. The van der Waals surface area contributed by atoms with E-state index in [0.717, 1.165) is 25.7 Å². The summed E-state index contributed by atoms with van der Waals surface area (Å²) in [7, 11) is -1.75. The standard InChI is InChI=1S/C13H21N3O2S/c1-11-6-4-3-5-9-16(11)19(17,18)13-10-15-8-7-12(13)14-2/h7-8,10-11H,3-6,9H2,1-2H3,(H,14,15). The second kappa shape index (κ2) is 5.88. The van der Waals surface area contributed by atoms with Crippen LogP contribution in [0.25, 0.3) is 0 Å². The highest BCUT2D eigenvalue weighted by Gasteiger charge is 2.31. The van der Waals surface area contributed by atoms with Crippen molar-refractivity contribution in [1.82, 2.24) is 9.29 Å². The van der Waals surface area contributed by atoms with E-state index in [0.29, 0.717) is 12.2 Å². The van der Waals surface area contributed by atoms with Crippen LogP contribution < -0.4 is 5.32 Å². The first-order valence-corrected chi connectivity index (χ1v) is 8.15. The number of hydrogen-bond acceptors (Lipinski definition) is 4. The molecule has 0 bridgehead atoms. The molecule has 0 radical (unpaired) electrons. The Kier molecular flexibility index (Phi) is 4.42. The van der Waals surface area contributed by atoms with Crippen molar-refractivity contribution in [2.45, 2.75) is 43.5 Å². The van der Waals surface area contributed by atoms with Gasteiger partial charge in [-0.25, -0.2) is 8.42 Å². The Labute approximate surface area is 115 Å². The van der Waals surface area contributed by atoms with Gasteiger partial charge in [0, 0.05) is 32.0 Å². The minimum Gasteiger partial charge on any atom is -0.387 e. The molecule has 19 heavy (non-hydrogen) atoms. The minimum absolute atomic E-state index is 0.0532. The van der Waals surface area contributed by atoms with E-state index in [4.69, 9.17) is 0 Å². The number of sulfonamides is 1. The van der Waals surface area contributed by atoms with Crippen LogP contribution in [-0.4, -0.2) is 37.3 Å². The molecule has 0 spiro atoms. The number of aromatic nitrogens is 1. The fraction of sp³-hybridized carbons (Fsp3) is 0.615. The van der Waals surface area contributed by atoms with Crippen LogP contribution in [0.3, 0.4) is 0 Å². The first kappa shape index (κ1) is 14.3. The number of nitrogens with zero attached hydrogens (tertiary/aromatic N) is 2. The predicted molar refractivity (Wildman–Crippen MR) is 75.6 cm³/mol. The largest absolute Gasteiger partial charge is 0.387 e. The third-order valence-corrected chi connectivity index (χ3v) is 5.67. The molecular formula is C13H21N3O2S. The Morgan fingerprint density at radius 1 is 1.37 bits per heavy atom. The summed E-state index contributed by atoms with van der Waals surface area (Å²) in [6.45, 7) is 2.58. The number of pyridine rings is 1. The maximum atomic E-state index is 12.8. The first-order chi connectivity index (χ1) is 9.07. The monoisotopic (exact) mass is 283 g/mol. The van der Waals surface area contributed by atoms with Gasteiger partial charge in [-0.15, -0.1) is 0 Å². The smallest absolute Gasteiger partial charge is 0.246 e. The van der Waals surface area contributed by atoms with Crippen molar-refractivity contribution >= 4 is 15.7 Å². The molecule has 2 rings (SSSR count). The number of anilines is 1. The maximum absolute atomic E-state index is 12.8. The lowest BCUT2D eigenvalue weighted by Gasteiger charge is -2.26. The van der Waals surface area contributed by atoms with Crippen LogP contribution in [0.4, 0.5) is 5.69 Å². The highest BCUT2D eigenvalue weighted by Crippen LogP contribution is 2.28. The quantitative estimate of drug-likeness (QED) is 0.922. The van der Waals surface area contributed by atoms with Crippen molar-refractivity contribution in [2.24, 2.45) is 0 Å². The van der Waals surface area contributed by atoms with Gasteiger partial charge in [-0.1, -0.05) is 12.8 Å². The molecule has 0 amide bonds. The van der Waals surface area contributed by atoms with Crippen LogP contribution in [0.2, 0.25) is 0 Å². The normalized spacial score (nSPS) is 21.9. The molecule has 1 fully saturated rings. The molecule has 0 saturated carbocycles. The topological polar surface area (TPSA) is 62.3 Å². The van der Waals surface area contributed by atoms with Gasteiger partial charge < -0.3 is 5.32 Å². The molecule has 1 aromatic rings. The van der Waals surface area contributed by atoms with Crippen molar-refractivity contribution in [3.05, 3.63) is 18.5 Å². The minimum atomic E-state index is -3.47. The summed E-state index contributed by atoms with van der Waals surface area (Å²) in [5, 5.41) is 2.93. The Bertz CT molecular complexity index is 530. The number of rotatable bonds is 3. The predicted octanol–water partition coefficient (Wildman–Crippen LogP) is 2.08. The Hall–Kier alpha value is -1.14. The van der Waals surface area contributed by atoms with Crippen LogP contribution in [0.15, 0.2) is 23.4 Å². The van der Waals surface area contributed by atoms with Gasteiger partial charge >= 0.3 is 0 Å². The summed E-state index contributed by atoms with van der Waals surface area (Å²) in [5.41, 5.74) is 0.603. The molecule has 1 aliphatic heterocycles. The van der Waals surface area contributed by atoms with Crippen LogP contribution >= 0.6 is 0 Å². The van der Waals surface area contributed by atoms with Crippen molar-refractivity contribution in [2.75, 3.05) is 18.9 Å². The van der Waals surface area contributed by atoms with Crippen LogP contribution in [-0.2, 0) is 10.0 Å². The van der Waals surface area contributed by atoms with Crippen molar-refractivity contribution in [3.63, 3.8) is 0 Å². The SMILES string of the molecule is CNc1ccncc1S(=O)(=O)N1CCCCCC1C. The summed E-state index contributed by atoms with van der Waals surface area (Å²) in [6.07, 6.45) is 7.07. The molecule has 5 nitrogen and oxygen atoms in total. The lowest BCUT2D eigenvalue weighted by atomic mass is 10.1. The average molecular weight is 283 g/mol. The van der Waals surface area contributed by atoms with Crippen molar-refractivity contribution in [3.8, 4) is 0 Å². The second-order valence-electron chi connectivity index (χ2n) is 4.94. The molecule has 106 valence electrons. The summed E-state index contributed by atoms with van der Waals surface area (Å²) in [4.78, 5) is 4.23. The summed E-state index contributed by atoms with van der Waals surface area (Å²) in [5.74, 6) is 0. The third kappa shape index (κ3) is 2.90.